The fourth-order valence-electron chi connectivity index (χ4n) is 2.19. The van der Waals surface area contributed by atoms with E-state index in [4.69, 9.17) is 11.5 Å². The van der Waals surface area contributed by atoms with Crippen LogP contribution >= 0.6 is 0 Å². The Labute approximate surface area is 119 Å². The molecule has 0 aromatic heterocycles. The topological polar surface area (TPSA) is 98.2 Å². The molecule has 0 atom stereocenters. The zero-order valence-corrected chi connectivity index (χ0v) is 12.1. The zero-order valence-electron chi connectivity index (χ0n) is 12.1. The second-order valence-electron chi connectivity index (χ2n) is 4.95. The minimum Gasteiger partial charge on any atom is -0.369 e. The standard InChI is InChI=1S/C15H23N3O2/c1-3-15(4-2,10-16)14(20)18-12-8-6-5-7-11(12)9-13(17)19/h5-8H,3-4,9-10,16H2,1-2H3,(H2,17,19)(H,18,20). The maximum atomic E-state index is 12.5. The zero-order chi connectivity index (χ0) is 15.2. The molecule has 0 radical (unpaired) electrons. The van der Waals surface area contributed by atoms with Crippen molar-refractivity contribution in [3.8, 4) is 0 Å². The van der Waals surface area contributed by atoms with Gasteiger partial charge in [-0.3, -0.25) is 9.59 Å². The molecule has 0 saturated heterocycles. The van der Waals surface area contributed by atoms with Gasteiger partial charge in [-0.1, -0.05) is 32.0 Å². The quantitative estimate of drug-likeness (QED) is 0.703. The summed E-state index contributed by atoms with van der Waals surface area (Å²) in [5, 5.41) is 2.88. The molecular formula is C15H23N3O2. The Morgan fingerprint density at radius 2 is 1.80 bits per heavy atom. The van der Waals surface area contributed by atoms with Gasteiger partial charge in [-0.25, -0.2) is 0 Å². The smallest absolute Gasteiger partial charge is 0.231 e. The lowest BCUT2D eigenvalue weighted by Gasteiger charge is -2.29. The molecule has 1 aromatic rings. The summed E-state index contributed by atoms with van der Waals surface area (Å²) in [5.74, 6) is -0.537. The maximum absolute atomic E-state index is 12.5. The molecule has 0 fully saturated rings. The molecule has 1 aromatic carbocycles. The van der Waals surface area contributed by atoms with E-state index in [-0.39, 0.29) is 12.3 Å². The van der Waals surface area contributed by atoms with Gasteiger partial charge in [0.2, 0.25) is 11.8 Å². The number of amides is 2. The number of nitrogens with one attached hydrogen (secondary N) is 1. The number of carbonyl (C=O) groups excluding carboxylic acids is 2. The first kappa shape index (κ1) is 16.2. The minimum atomic E-state index is -0.570. The SMILES string of the molecule is CCC(CC)(CN)C(=O)Nc1ccccc1CC(N)=O. The lowest BCUT2D eigenvalue weighted by molar-refractivity contribution is -0.125. The van der Waals surface area contributed by atoms with Crippen molar-refractivity contribution < 1.29 is 9.59 Å². The summed E-state index contributed by atoms with van der Waals surface area (Å²) in [4.78, 5) is 23.5. The number of nitrogens with two attached hydrogens (primary N) is 2. The van der Waals surface area contributed by atoms with Gasteiger partial charge in [0, 0.05) is 12.2 Å². The number of rotatable bonds is 7. The van der Waals surface area contributed by atoms with Crippen molar-refractivity contribution in [3.05, 3.63) is 29.8 Å². The van der Waals surface area contributed by atoms with E-state index in [9.17, 15) is 9.59 Å². The lowest BCUT2D eigenvalue weighted by Crippen LogP contribution is -2.41. The van der Waals surface area contributed by atoms with Crippen molar-refractivity contribution in [2.45, 2.75) is 33.1 Å². The molecule has 110 valence electrons. The van der Waals surface area contributed by atoms with Crippen LogP contribution in [0, 0.1) is 5.41 Å². The van der Waals surface area contributed by atoms with Crippen LogP contribution in [0.2, 0.25) is 0 Å². The van der Waals surface area contributed by atoms with Crippen LogP contribution in [0.25, 0.3) is 0 Å². The molecule has 0 bridgehead atoms. The molecule has 5 heteroatoms. The summed E-state index contributed by atoms with van der Waals surface area (Å²) in [5.41, 5.74) is 11.8. The summed E-state index contributed by atoms with van der Waals surface area (Å²) in [6.07, 6.45) is 1.44. The number of hydrogen-bond donors (Lipinski definition) is 3. The fraction of sp³-hybridized carbons (Fsp3) is 0.467. The van der Waals surface area contributed by atoms with Crippen LogP contribution in [-0.4, -0.2) is 18.4 Å². The van der Waals surface area contributed by atoms with Gasteiger partial charge in [-0.05, 0) is 24.5 Å². The van der Waals surface area contributed by atoms with Crippen molar-refractivity contribution in [1.82, 2.24) is 0 Å². The molecule has 0 unspecified atom stereocenters. The van der Waals surface area contributed by atoms with E-state index in [0.29, 0.717) is 30.6 Å². The predicted octanol–water partition coefficient (Wildman–Crippen LogP) is 1.42. The number of primary amides is 1. The molecule has 5 N–H and O–H groups in total. The number of para-hydroxylation sites is 1. The average Bonchev–Trinajstić information content (AvgIpc) is 2.43. The molecule has 0 heterocycles. The molecule has 0 spiro atoms. The van der Waals surface area contributed by atoms with E-state index in [2.05, 4.69) is 5.32 Å². The molecular weight excluding hydrogens is 254 g/mol. The normalized spacial score (nSPS) is 11.2. The summed E-state index contributed by atoms with van der Waals surface area (Å²) in [6, 6.07) is 7.16. The molecule has 20 heavy (non-hydrogen) atoms. The van der Waals surface area contributed by atoms with Crippen molar-refractivity contribution in [1.29, 1.82) is 0 Å². The first-order valence-electron chi connectivity index (χ1n) is 6.86. The van der Waals surface area contributed by atoms with E-state index < -0.39 is 11.3 Å². The van der Waals surface area contributed by atoms with E-state index >= 15 is 0 Å². The molecule has 5 nitrogen and oxygen atoms in total. The van der Waals surface area contributed by atoms with Crippen molar-refractivity contribution >= 4 is 17.5 Å². The molecule has 0 saturated carbocycles. The molecule has 1 rings (SSSR count). The fourth-order valence-corrected chi connectivity index (χ4v) is 2.19. The highest BCUT2D eigenvalue weighted by Crippen LogP contribution is 2.27. The van der Waals surface area contributed by atoms with E-state index in [1.54, 1.807) is 12.1 Å². The Kier molecular flexibility index (Phi) is 5.70. The van der Waals surface area contributed by atoms with Crippen molar-refractivity contribution in [2.75, 3.05) is 11.9 Å². The molecule has 0 aliphatic rings. The third-order valence-electron chi connectivity index (χ3n) is 3.86. The predicted molar refractivity (Wildman–Crippen MR) is 80.0 cm³/mol. The largest absolute Gasteiger partial charge is 0.369 e. The van der Waals surface area contributed by atoms with Crippen molar-refractivity contribution in [2.24, 2.45) is 16.9 Å². The van der Waals surface area contributed by atoms with Crippen LogP contribution in [0.3, 0.4) is 0 Å². The Morgan fingerprint density at radius 3 is 2.30 bits per heavy atom. The van der Waals surface area contributed by atoms with Gasteiger partial charge < -0.3 is 16.8 Å². The number of anilines is 1. The monoisotopic (exact) mass is 277 g/mol. The van der Waals surface area contributed by atoms with Gasteiger partial charge in [0.15, 0.2) is 0 Å². The summed E-state index contributed by atoms with van der Waals surface area (Å²) >= 11 is 0. The second-order valence-corrected chi connectivity index (χ2v) is 4.95. The molecule has 2 amide bonds. The lowest BCUT2D eigenvalue weighted by atomic mass is 9.81. The molecule has 0 aliphatic heterocycles. The first-order chi connectivity index (χ1) is 9.49. The van der Waals surface area contributed by atoms with Crippen molar-refractivity contribution in [3.63, 3.8) is 0 Å². The van der Waals surface area contributed by atoms with Gasteiger partial charge in [0.1, 0.15) is 0 Å². The minimum absolute atomic E-state index is 0.102. The van der Waals surface area contributed by atoms with E-state index in [1.165, 1.54) is 0 Å². The highest BCUT2D eigenvalue weighted by molar-refractivity contribution is 5.96. The number of carbonyl (C=O) groups is 2. The highest BCUT2D eigenvalue weighted by Gasteiger charge is 2.33. The Morgan fingerprint density at radius 1 is 1.20 bits per heavy atom. The second kappa shape index (κ2) is 7.05. The average molecular weight is 277 g/mol. The van der Waals surface area contributed by atoms with Crippen LogP contribution in [0.15, 0.2) is 24.3 Å². The third kappa shape index (κ3) is 3.57. The van der Waals surface area contributed by atoms with Crippen LogP contribution in [0.4, 0.5) is 5.69 Å². The van der Waals surface area contributed by atoms with Gasteiger partial charge in [-0.2, -0.15) is 0 Å². The van der Waals surface area contributed by atoms with E-state index in [0.717, 1.165) is 0 Å². The van der Waals surface area contributed by atoms with Crippen LogP contribution in [0.5, 0.6) is 0 Å². The van der Waals surface area contributed by atoms with Gasteiger partial charge in [0.05, 0.1) is 11.8 Å². The van der Waals surface area contributed by atoms with Crippen LogP contribution in [-0.2, 0) is 16.0 Å². The van der Waals surface area contributed by atoms with Gasteiger partial charge in [0.25, 0.3) is 0 Å². The van der Waals surface area contributed by atoms with Gasteiger partial charge in [-0.15, -0.1) is 0 Å². The number of hydrogen-bond acceptors (Lipinski definition) is 3. The summed E-state index contributed by atoms with van der Waals surface area (Å²) in [7, 11) is 0. The van der Waals surface area contributed by atoms with Gasteiger partial charge >= 0.3 is 0 Å². The van der Waals surface area contributed by atoms with Crippen LogP contribution < -0.4 is 16.8 Å². The van der Waals surface area contributed by atoms with Crippen LogP contribution in [0.1, 0.15) is 32.3 Å². The third-order valence-corrected chi connectivity index (χ3v) is 3.86. The Bertz CT molecular complexity index is 473. The maximum Gasteiger partial charge on any atom is 0.231 e. The summed E-state index contributed by atoms with van der Waals surface area (Å²) < 4.78 is 0. The summed E-state index contributed by atoms with van der Waals surface area (Å²) in [6.45, 7) is 4.19. The Balaban J connectivity index is 2.98. The first-order valence-corrected chi connectivity index (χ1v) is 6.86. The Hall–Kier alpha value is -1.88. The van der Waals surface area contributed by atoms with E-state index in [1.807, 2.05) is 26.0 Å². The highest BCUT2D eigenvalue weighted by atomic mass is 16.2. The molecule has 0 aliphatic carbocycles. The number of benzene rings is 1.